The molecule has 0 amide bonds. The van der Waals surface area contributed by atoms with E-state index in [-0.39, 0.29) is 29.1 Å². The van der Waals surface area contributed by atoms with Crippen molar-refractivity contribution in [3.63, 3.8) is 0 Å². The molecule has 2 aromatic rings. The minimum absolute atomic E-state index is 0. The monoisotopic (exact) mass is 359 g/mol. The Morgan fingerprint density at radius 3 is 2.33 bits per heavy atom. The number of carbonyl (C=O) groups is 1. The fraction of sp³-hybridized carbons (Fsp3) is 0.235. The van der Waals surface area contributed by atoms with Gasteiger partial charge in [0.15, 0.2) is 0 Å². The maximum absolute atomic E-state index is 14.8. The zero-order chi connectivity index (χ0) is 17.3. The van der Waals surface area contributed by atoms with E-state index in [9.17, 15) is 18.0 Å². The standard InChI is InChI=1S/C17H16F3NO2.ClH/c1-8-4-3-5-11(18)14(8)10-6-9(2)16(19)15(17(10)20)12(21)7-13(22)23;/h3-6,12H,7,21H2,1-2H3,(H,22,23);1H. The van der Waals surface area contributed by atoms with Crippen LogP contribution < -0.4 is 5.73 Å². The third-order valence-corrected chi connectivity index (χ3v) is 3.67. The molecule has 3 N–H and O–H groups in total. The number of carboxylic acid groups (broad SMARTS) is 1. The molecule has 0 saturated heterocycles. The molecule has 24 heavy (non-hydrogen) atoms. The third-order valence-electron chi connectivity index (χ3n) is 3.67. The van der Waals surface area contributed by atoms with Crippen LogP contribution >= 0.6 is 12.4 Å². The Balaban J connectivity index is 0.00000288. The molecule has 0 aliphatic rings. The largest absolute Gasteiger partial charge is 0.481 e. The highest BCUT2D eigenvalue weighted by Crippen LogP contribution is 2.35. The maximum Gasteiger partial charge on any atom is 0.305 e. The lowest BCUT2D eigenvalue weighted by Gasteiger charge is -2.18. The molecule has 130 valence electrons. The molecular formula is C17H17ClF3NO2. The van der Waals surface area contributed by atoms with Crippen LogP contribution in [0, 0.1) is 31.3 Å². The SMILES string of the molecule is Cc1cc(-c2c(C)cccc2F)c(F)c(C(N)CC(=O)O)c1F.Cl. The first-order valence-electron chi connectivity index (χ1n) is 6.95. The molecule has 0 radical (unpaired) electrons. The van der Waals surface area contributed by atoms with E-state index < -0.39 is 41.4 Å². The smallest absolute Gasteiger partial charge is 0.305 e. The van der Waals surface area contributed by atoms with Crippen molar-refractivity contribution in [3.05, 3.63) is 58.4 Å². The number of carboxylic acids is 1. The van der Waals surface area contributed by atoms with Gasteiger partial charge >= 0.3 is 5.97 Å². The summed E-state index contributed by atoms with van der Waals surface area (Å²) >= 11 is 0. The van der Waals surface area contributed by atoms with Gasteiger partial charge in [0.1, 0.15) is 17.5 Å². The van der Waals surface area contributed by atoms with Gasteiger partial charge in [-0.1, -0.05) is 12.1 Å². The molecule has 1 atom stereocenters. The summed E-state index contributed by atoms with van der Waals surface area (Å²) in [6.45, 7) is 3.00. The summed E-state index contributed by atoms with van der Waals surface area (Å²) in [4.78, 5) is 10.8. The Morgan fingerprint density at radius 1 is 1.17 bits per heavy atom. The first-order valence-corrected chi connectivity index (χ1v) is 6.95. The minimum atomic E-state index is -1.36. The van der Waals surface area contributed by atoms with Crippen molar-refractivity contribution in [2.75, 3.05) is 0 Å². The van der Waals surface area contributed by atoms with Gasteiger partial charge in [0.25, 0.3) is 0 Å². The quantitative estimate of drug-likeness (QED) is 0.856. The van der Waals surface area contributed by atoms with E-state index in [0.717, 1.165) is 0 Å². The predicted molar refractivity (Wildman–Crippen MR) is 87.7 cm³/mol. The van der Waals surface area contributed by atoms with Crippen LogP contribution in [0.15, 0.2) is 24.3 Å². The van der Waals surface area contributed by atoms with E-state index in [1.807, 2.05) is 0 Å². The second kappa shape index (κ2) is 7.68. The van der Waals surface area contributed by atoms with Crippen molar-refractivity contribution < 1.29 is 23.1 Å². The number of hydrogen-bond acceptors (Lipinski definition) is 2. The molecule has 0 aromatic heterocycles. The summed E-state index contributed by atoms with van der Waals surface area (Å²) in [6, 6.07) is 4.11. The second-order valence-corrected chi connectivity index (χ2v) is 5.42. The first kappa shape index (κ1) is 20.0. The summed E-state index contributed by atoms with van der Waals surface area (Å²) < 4.78 is 43.1. The van der Waals surface area contributed by atoms with Crippen LogP contribution in [-0.2, 0) is 4.79 Å². The van der Waals surface area contributed by atoms with Crippen LogP contribution in [0.4, 0.5) is 13.2 Å². The number of aliphatic carboxylic acids is 1. The lowest BCUT2D eigenvalue weighted by Crippen LogP contribution is -2.19. The average Bonchev–Trinajstić information content (AvgIpc) is 2.43. The topological polar surface area (TPSA) is 63.3 Å². The molecule has 0 bridgehead atoms. The van der Waals surface area contributed by atoms with E-state index in [1.54, 1.807) is 13.0 Å². The zero-order valence-electron chi connectivity index (χ0n) is 13.1. The number of halogens is 4. The molecule has 2 aromatic carbocycles. The normalized spacial score (nSPS) is 11.8. The van der Waals surface area contributed by atoms with E-state index in [1.165, 1.54) is 25.1 Å². The average molecular weight is 360 g/mol. The van der Waals surface area contributed by atoms with Crippen LogP contribution in [0.5, 0.6) is 0 Å². The molecule has 0 aliphatic heterocycles. The van der Waals surface area contributed by atoms with E-state index in [2.05, 4.69) is 0 Å². The van der Waals surface area contributed by atoms with Gasteiger partial charge in [0, 0.05) is 22.7 Å². The van der Waals surface area contributed by atoms with Gasteiger partial charge in [-0.2, -0.15) is 0 Å². The van der Waals surface area contributed by atoms with E-state index in [0.29, 0.717) is 5.56 Å². The van der Waals surface area contributed by atoms with Crippen molar-refractivity contribution in [1.29, 1.82) is 0 Å². The summed E-state index contributed by atoms with van der Waals surface area (Å²) in [5.41, 5.74) is 5.53. The summed E-state index contributed by atoms with van der Waals surface area (Å²) in [5, 5.41) is 8.79. The zero-order valence-corrected chi connectivity index (χ0v) is 13.9. The van der Waals surface area contributed by atoms with Crippen LogP contribution in [0.25, 0.3) is 11.1 Å². The van der Waals surface area contributed by atoms with Gasteiger partial charge in [-0.05, 0) is 37.1 Å². The molecule has 0 heterocycles. The number of hydrogen-bond donors (Lipinski definition) is 2. The highest BCUT2D eigenvalue weighted by atomic mass is 35.5. The molecule has 2 rings (SSSR count). The summed E-state index contributed by atoms with van der Waals surface area (Å²) in [6.07, 6.45) is -0.632. The fourth-order valence-corrected chi connectivity index (χ4v) is 2.57. The lowest BCUT2D eigenvalue weighted by molar-refractivity contribution is -0.137. The van der Waals surface area contributed by atoms with Crippen molar-refractivity contribution in [1.82, 2.24) is 0 Å². The van der Waals surface area contributed by atoms with Gasteiger partial charge in [0.05, 0.1) is 6.42 Å². The van der Waals surface area contributed by atoms with E-state index in [4.69, 9.17) is 10.8 Å². The predicted octanol–water partition coefficient (Wildman–Crippen LogP) is 4.28. The van der Waals surface area contributed by atoms with Gasteiger partial charge < -0.3 is 10.8 Å². The number of benzene rings is 2. The van der Waals surface area contributed by atoms with Gasteiger partial charge in [0.2, 0.25) is 0 Å². The number of nitrogens with two attached hydrogens (primary N) is 1. The van der Waals surface area contributed by atoms with Crippen molar-refractivity contribution >= 4 is 18.4 Å². The Bertz CT molecular complexity index is 761. The molecule has 7 heteroatoms. The van der Waals surface area contributed by atoms with Crippen molar-refractivity contribution in [3.8, 4) is 11.1 Å². The van der Waals surface area contributed by atoms with Crippen molar-refractivity contribution in [2.24, 2.45) is 5.73 Å². The van der Waals surface area contributed by atoms with Crippen LogP contribution in [0.2, 0.25) is 0 Å². The highest BCUT2D eigenvalue weighted by Gasteiger charge is 2.25. The Labute approximate surface area is 143 Å². The lowest BCUT2D eigenvalue weighted by atomic mass is 9.92. The van der Waals surface area contributed by atoms with Crippen molar-refractivity contribution in [2.45, 2.75) is 26.3 Å². The van der Waals surface area contributed by atoms with Crippen LogP contribution in [0.1, 0.15) is 29.2 Å². The maximum atomic E-state index is 14.8. The molecule has 0 spiro atoms. The number of aryl methyl sites for hydroxylation is 2. The van der Waals surface area contributed by atoms with Crippen LogP contribution in [0.3, 0.4) is 0 Å². The second-order valence-electron chi connectivity index (χ2n) is 5.42. The minimum Gasteiger partial charge on any atom is -0.481 e. The molecule has 0 saturated carbocycles. The Hall–Kier alpha value is -2.05. The number of rotatable bonds is 4. The molecule has 3 nitrogen and oxygen atoms in total. The van der Waals surface area contributed by atoms with Crippen LogP contribution in [-0.4, -0.2) is 11.1 Å². The Kier molecular flexibility index (Phi) is 6.40. The fourth-order valence-electron chi connectivity index (χ4n) is 2.57. The van der Waals surface area contributed by atoms with Gasteiger partial charge in [-0.3, -0.25) is 4.79 Å². The molecule has 1 unspecified atom stereocenters. The molecular weight excluding hydrogens is 343 g/mol. The first-order chi connectivity index (χ1) is 10.7. The summed E-state index contributed by atoms with van der Waals surface area (Å²) in [5.74, 6) is -3.86. The van der Waals surface area contributed by atoms with Gasteiger partial charge in [-0.15, -0.1) is 12.4 Å². The van der Waals surface area contributed by atoms with Gasteiger partial charge in [-0.25, -0.2) is 13.2 Å². The molecule has 0 aliphatic carbocycles. The van der Waals surface area contributed by atoms with E-state index >= 15 is 0 Å². The molecule has 0 fully saturated rings. The highest BCUT2D eigenvalue weighted by molar-refractivity contribution is 5.85. The summed E-state index contributed by atoms with van der Waals surface area (Å²) in [7, 11) is 0. The Morgan fingerprint density at radius 2 is 1.79 bits per heavy atom. The third kappa shape index (κ3) is 3.71.